The molecular weight excluding hydrogens is 410 g/mol. The fraction of sp³-hybridized carbons (Fsp3) is 0.440. The van der Waals surface area contributed by atoms with Crippen LogP contribution < -0.4 is 4.74 Å². The second kappa shape index (κ2) is 9.11. The second-order valence-corrected chi connectivity index (χ2v) is 8.68. The Labute approximate surface area is 189 Å². The van der Waals surface area contributed by atoms with Gasteiger partial charge in [0.1, 0.15) is 5.75 Å². The zero-order chi connectivity index (χ0) is 20.7. The molecule has 1 N–H and O–H groups in total. The lowest BCUT2D eigenvalue weighted by atomic mass is 9.72. The summed E-state index contributed by atoms with van der Waals surface area (Å²) in [5, 5.41) is 12.6. The normalized spacial score (nSPS) is 25.8. The summed E-state index contributed by atoms with van der Waals surface area (Å²) in [5.41, 5.74) is 3.61. The van der Waals surface area contributed by atoms with Crippen LogP contribution in [0.2, 0.25) is 0 Å². The Hall–Kier alpha value is -2.21. The number of methoxy groups -OCH3 is 1. The lowest BCUT2D eigenvalue weighted by molar-refractivity contribution is -0.0562. The van der Waals surface area contributed by atoms with E-state index in [1.54, 1.807) is 13.3 Å². The molecule has 5 heterocycles. The molecule has 3 aliphatic rings. The highest BCUT2D eigenvalue weighted by Crippen LogP contribution is 2.43. The van der Waals surface area contributed by atoms with Gasteiger partial charge in [0, 0.05) is 35.9 Å². The van der Waals surface area contributed by atoms with E-state index in [2.05, 4.69) is 16.8 Å². The Balaban J connectivity index is 0.00000231. The van der Waals surface area contributed by atoms with Gasteiger partial charge in [0.25, 0.3) is 0 Å². The highest BCUT2D eigenvalue weighted by Gasteiger charge is 2.42. The van der Waals surface area contributed by atoms with Crippen LogP contribution in [0.1, 0.15) is 37.9 Å². The maximum atomic E-state index is 11.6. The molecule has 6 heteroatoms. The van der Waals surface area contributed by atoms with Crippen molar-refractivity contribution in [2.45, 2.75) is 38.3 Å². The zero-order valence-electron chi connectivity index (χ0n) is 18.1. The number of nitrogens with zero attached hydrogens (tertiary/aromatic N) is 3. The summed E-state index contributed by atoms with van der Waals surface area (Å²) in [6.45, 7) is 4.48. The number of aliphatic hydroxyl groups is 1. The summed E-state index contributed by atoms with van der Waals surface area (Å²) in [6, 6.07) is 12.0. The minimum absolute atomic E-state index is 0. The van der Waals surface area contributed by atoms with Crippen LogP contribution in [-0.4, -0.2) is 46.2 Å². The van der Waals surface area contributed by atoms with Gasteiger partial charge in [-0.05, 0) is 73.2 Å². The third-order valence-electron chi connectivity index (χ3n) is 7.15. The predicted molar refractivity (Wildman–Crippen MR) is 126 cm³/mol. The molecule has 3 aromatic rings. The maximum absolute atomic E-state index is 11.6. The van der Waals surface area contributed by atoms with Gasteiger partial charge in [-0.15, -0.1) is 12.4 Å². The molecule has 3 aliphatic heterocycles. The molecule has 0 amide bonds. The minimum atomic E-state index is -0.557. The molecule has 5 nitrogen and oxygen atoms in total. The van der Waals surface area contributed by atoms with Crippen LogP contribution in [0.5, 0.6) is 5.75 Å². The Morgan fingerprint density at radius 2 is 2.13 bits per heavy atom. The first-order chi connectivity index (χ1) is 14.7. The molecule has 3 saturated heterocycles. The third kappa shape index (κ3) is 4.02. The van der Waals surface area contributed by atoms with E-state index in [1.807, 2.05) is 42.6 Å². The summed E-state index contributed by atoms with van der Waals surface area (Å²) in [5.74, 6) is 2.27. The van der Waals surface area contributed by atoms with Gasteiger partial charge < -0.3 is 9.84 Å². The van der Waals surface area contributed by atoms with Crippen molar-refractivity contribution < 1.29 is 9.84 Å². The molecule has 0 saturated carbocycles. The topological polar surface area (TPSA) is 58.5 Å². The molecule has 3 fully saturated rings. The quantitative estimate of drug-likeness (QED) is 0.613. The van der Waals surface area contributed by atoms with E-state index in [0.29, 0.717) is 0 Å². The van der Waals surface area contributed by atoms with E-state index in [9.17, 15) is 5.11 Å². The van der Waals surface area contributed by atoms with Crippen molar-refractivity contribution in [1.29, 1.82) is 0 Å². The summed E-state index contributed by atoms with van der Waals surface area (Å²) in [6.07, 6.45) is 6.58. The number of halogens is 1. The number of benzene rings is 1. The van der Waals surface area contributed by atoms with Gasteiger partial charge in [-0.2, -0.15) is 0 Å². The van der Waals surface area contributed by atoms with Gasteiger partial charge in [0.05, 0.1) is 24.4 Å². The summed E-state index contributed by atoms with van der Waals surface area (Å²) >= 11 is 0. The fourth-order valence-corrected chi connectivity index (χ4v) is 5.44. The number of fused-ring (bicyclic) bond motifs is 4. The van der Waals surface area contributed by atoms with Crippen molar-refractivity contribution in [3.05, 3.63) is 54.4 Å². The number of hydrogen-bond acceptors (Lipinski definition) is 5. The van der Waals surface area contributed by atoms with Crippen molar-refractivity contribution in [1.82, 2.24) is 14.9 Å². The number of pyridine rings is 2. The smallest absolute Gasteiger partial charge is 0.119 e. The summed E-state index contributed by atoms with van der Waals surface area (Å²) in [4.78, 5) is 11.6. The monoisotopic (exact) mass is 439 g/mol. The number of aliphatic hydroxyl groups excluding tert-OH is 1. The lowest BCUT2D eigenvalue weighted by Gasteiger charge is -2.51. The largest absolute Gasteiger partial charge is 0.497 e. The number of rotatable bonds is 5. The number of ether oxygens (including phenoxy) is 1. The molecule has 31 heavy (non-hydrogen) atoms. The number of aromatic nitrogens is 2. The highest BCUT2D eigenvalue weighted by molar-refractivity contribution is 5.87. The van der Waals surface area contributed by atoms with Gasteiger partial charge >= 0.3 is 0 Å². The third-order valence-corrected chi connectivity index (χ3v) is 7.15. The van der Waals surface area contributed by atoms with Crippen LogP contribution >= 0.6 is 12.4 Å². The van der Waals surface area contributed by atoms with E-state index in [1.165, 1.54) is 12.8 Å². The van der Waals surface area contributed by atoms with Gasteiger partial charge in [0.2, 0.25) is 0 Å². The van der Waals surface area contributed by atoms with E-state index in [0.717, 1.165) is 64.8 Å². The van der Waals surface area contributed by atoms with Gasteiger partial charge in [-0.3, -0.25) is 9.88 Å². The molecule has 2 aromatic heterocycles. The Kier molecular flexibility index (Phi) is 6.47. The molecule has 6 rings (SSSR count). The standard InChI is InChI=1S/C25H29N3O2.ClH/c1-3-16-15-28-10-8-17(16)11-24(28)25(29)21-13-23(18-5-4-9-26-14-18)27-22-7-6-19(30-2)12-20(21)22;/h4-7,9,12-14,16-17,24-25,29H,3,8,10-11,15H2,1-2H3;1H/t16-,17-,24-,25+;/m0./s1. The molecule has 5 atom stereocenters. The lowest BCUT2D eigenvalue weighted by Crippen LogP contribution is -2.55. The van der Waals surface area contributed by atoms with Crippen molar-refractivity contribution in [2.24, 2.45) is 11.8 Å². The second-order valence-electron chi connectivity index (χ2n) is 8.68. The molecule has 2 bridgehead atoms. The van der Waals surface area contributed by atoms with Gasteiger partial charge in [0.15, 0.2) is 0 Å². The van der Waals surface area contributed by atoms with Crippen LogP contribution in [0.4, 0.5) is 0 Å². The predicted octanol–water partition coefficient (Wildman–Crippen LogP) is 4.88. The van der Waals surface area contributed by atoms with Crippen molar-refractivity contribution >= 4 is 23.3 Å². The van der Waals surface area contributed by atoms with Crippen molar-refractivity contribution in [3.8, 4) is 17.0 Å². The van der Waals surface area contributed by atoms with Crippen LogP contribution in [0.3, 0.4) is 0 Å². The van der Waals surface area contributed by atoms with Crippen LogP contribution in [0, 0.1) is 11.8 Å². The number of piperidine rings is 3. The molecule has 1 unspecified atom stereocenters. The van der Waals surface area contributed by atoms with E-state index in [-0.39, 0.29) is 18.4 Å². The fourth-order valence-electron chi connectivity index (χ4n) is 5.44. The SMILES string of the molecule is CC[C@H]1CN2CC[C@H]1C[C@H]2[C@H](O)c1cc(-c2cccnc2)nc2ccc(OC)cc12.Cl. The van der Waals surface area contributed by atoms with Crippen LogP contribution in [0.25, 0.3) is 22.2 Å². The molecule has 1 aromatic carbocycles. The summed E-state index contributed by atoms with van der Waals surface area (Å²) < 4.78 is 5.47. The molecule has 0 spiro atoms. The first-order valence-electron chi connectivity index (χ1n) is 11.0. The highest BCUT2D eigenvalue weighted by atomic mass is 35.5. The van der Waals surface area contributed by atoms with Crippen molar-refractivity contribution in [2.75, 3.05) is 20.2 Å². The maximum Gasteiger partial charge on any atom is 0.119 e. The Morgan fingerprint density at radius 3 is 2.81 bits per heavy atom. The molecular formula is C25H30ClN3O2. The zero-order valence-corrected chi connectivity index (χ0v) is 18.9. The van der Waals surface area contributed by atoms with Gasteiger partial charge in [-0.1, -0.05) is 13.3 Å². The number of hydrogen-bond donors (Lipinski definition) is 1. The van der Waals surface area contributed by atoms with Crippen LogP contribution in [-0.2, 0) is 0 Å². The molecule has 0 radical (unpaired) electrons. The van der Waals surface area contributed by atoms with E-state index in [4.69, 9.17) is 9.72 Å². The molecule has 0 aliphatic carbocycles. The van der Waals surface area contributed by atoms with Crippen LogP contribution in [0.15, 0.2) is 48.8 Å². The Bertz CT molecular complexity index is 1050. The molecule has 164 valence electrons. The van der Waals surface area contributed by atoms with E-state index >= 15 is 0 Å². The summed E-state index contributed by atoms with van der Waals surface area (Å²) in [7, 11) is 1.67. The first kappa shape index (κ1) is 22.0. The van der Waals surface area contributed by atoms with Crippen molar-refractivity contribution in [3.63, 3.8) is 0 Å². The average molecular weight is 440 g/mol. The first-order valence-corrected chi connectivity index (χ1v) is 11.0. The average Bonchev–Trinajstić information content (AvgIpc) is 2.83. The van der Waals surface area contributed by atoms with Gasteiger partial charge in [-0.25, -0.2) is 4.98 Å². The Morgan fingerprint density at radius 1 is 1.26 bits per heavy atom. The van der Waals surface area contributed by atoms with E-state index < -0.39 is 6.10 Å². The minimum Gasteiger partial charge on any atom is -0.497 e.